The molecule has 2 fully saturated rings. The van der Waals surface area contributed by atoms with Crippen molar-refractivity contribution in [1.29, 1.82) is 0 Å². The number of amides is 1. The molecule has 2 rings (SSSR count). The Labute approximate surface area is 91.4 Å². The highest BCUT2D eigenvalue weighted by atomic mass is 16.2. The standard InChI is InChI=1S/C11H21N3O/c1-11(2,7-12)8-13-6-5-10(15)14(13)9-3-4-9/h9H,3-8,12H2,1-2H3. The molecule has 2 N–H and O–H groups in total. The molecule has 0 atom stereocenters. The van der Waals surface area contributed by atoms with Crippen molar-refractivity contribution < 1.29 is 4.79 Å². The molecule has 0 spiro atoms. The zero-order valence-electron chi connectivity index (χ0n) is 9.70. The third-order valence-corrected chi connectivity index (χ3v) is 3.20. The summed E-state index contributed by atoms with van der Waals surface area (Å²) in [5, 5.41) is 4.18. The van der Waals surface area contributed by atoms with Crippen molar-refractivity contribution in [3.63, 3.8) is 0 Å². The van der Waals surface area contributed by atoms with Gasteiger partial charge >= 0.3 is 0 Å². The number of carbonyl (C=O) groups is 1. The van der Waals surface area contributed by atoms with Gasteiger partial charge < -0.3 is 5.73 Å². The van der Waals surface area contributed by atoms with Crippen LogP contribution in [0.15, 0.2) is 0 Å². The normalized spacial score (nSPS) is 23.9. The van der Waals surface area contributed by atoms with Crippen molar-refractivity contribution in [2.24, 2.45) is 11.1 Å². The van der Waals surface area contributed by atoms with Crippen LogP contribution in [-0.2, 0) is 4.79 Å². The summed E-state index contributed by atoms with van der Waals surface area (Å²) in [5.41, 5.74) is 5.82. The summed E-state index contributed by atoms with van der Waals surface area (Å²) in [6.45, 7) is 6.74. The summed E-state index contributed by atoms with van der Waals surface area (Å²) in [5.74, 6) is 0.297. The predicted octanol–water partition coefficient (Wildman–Crippen LogP) is 0.583. The molecule has 15 heavy (non-hydrogen) atoms. The zero-order valence-corrected chi connectivity index (χ0v) is 9.70. The lowest BCUT2D eigenvalue weighted by Gasteiger charge is -2.34. The van der Waals surface area contributed by atoms with Gasteiger partial charge in [0.05, 0.1) is 0 Å². The summed E-state index contributed by atoms with van der Waals surface area (Å²) >= 11 is 0. The molecule has 1 saturated heterocycles. The predicted molar refractivity (Wildman–Crippen MR) is 58.9 cm³/mol. The molecule has 0 aromatic heterocycles. The van der Waals surface area contributed by atoms with Gasteiger partial charge in [-0.15, -0.1) is 0 Å². The van der Waals surface area contributed by atoms with Gasteiger partial charge in [-0.2, -0.15) is 0 Å². The third-order valence-electron chi connectivity index (χ3n) is 3.20. The van der Waals surface area contributed by atoms with Gasteiger partial charge in [-0.3, -0.25) is 9.80 Å². The molecule has 2 aliphatic rings. The Bertz CT molecular complexity index is 261. The Morgan fingerprint density at radius 2 is 2.13 bits per heavy atom. The van der Waals surface area contributed by atoms with Crippen LogP contribution >= 0.6 is 0 Å². The molecule has 1 aliphatic heterocycles. The molecule has 0 bridgehead atoms. The summed E-state index contributed by atoms with van der Waals surface area (Å²) in [7, 11) is 0. The summed E-state index contributed by atoms with van der Waals surface area (Å²) in [6, 6.07) is 0.494. The van der Waals surface area contributed by atoms with E-state index >= 15 is 0 Å². The number of hydrogen-bond acceptors (Lipinski definition) is 3. The summed E-state index contributed by atoms with van der Waals surface area (Å²) < 4.78 is 0. The molecule has 1 aliphatic carbocycles. The van der Waals surface area contributed by atoms with E-state index in [2.05, 4.69) is 18.9 Å². The lowest BCUT2D eigenvalue weighted by molar-refractivity contribution is -0.140. The Kier molecular flexibility index (Phi) is 2.73. The van der Waals surface area contributed by atoms with Gasteiger partial charge in [0.2, 0.25) is 5.91 Å². The maximum Gasteiger partial charge on any atom is 0.238 e. The molecule has 0 unspecified atom stereocenters. The average molecular weight is 211 g/mol. The van der Waals surface area contributed by atoms with Crippen molar-refractivity contribution in [3.05, 3.63) is 0 Å². The average Bonchev–Trinajstić information content (AvgIpc) is 2.94. The van der Waals surface area contributed by atoms with E-state index in [4.69, 9.17) is 5.73 Å². The Balaban J connectivity index is 1.99. The van der Waals surface area contributed by atoms with Crippen LogP contribution in [0.1, 0.15) is 33.1 Å². The molecule has 0 aromatic rings. The minimum absolute atomic E-state index is 0.0950. The van der Waals surface area contributed by atoms with Crippen LogP contribution in [0.4, 0.5) is 0 Å². The van der Waals surface area contributed by atoms with Gasteiger partial charge in [0, 0.05) is 25.6 Å². The highest BCUT2D eigenvalue weighted by molar-refractivity contribution is 5.78. The number of rotatable bonds is 4. The van der Waals surface area contributed by atoms with Gasteiger partial charge in [0.1, 0.15) is 0 Å². The van der Waals surface area contributed by atoms with Gasteiger partial charge in [0.25, 0.3) is 0 Å². The van der Waals surface area contributed by atoms with Crippen molar-refractivity contribution in [3.8, 4) is 0 Å². The van der Waals surface area contributed by atoms with E-state index < -0.39 is 0 Å². The van der Waals surface area contributed by atoms with Gasteiger partial charge in [-0.1, -0.05) is 13.8 Å². The Morgan fingerprint density at radius 3 is 2.67 bits per heavy atom. The first-order chi connectivity index (χ1) is 7.03. The molecule has 1 heterocycles. The van der Waals surface area contributed by atoms with E-state index in [1.54, 1.807) is 0 Å². The van der Waals surface area contributed by atoms with Crippen LogP contribution in [-0.4, -0.2) is 41.6 Å². The second kappa shape index (κ2) is 3.76. The largest absolute Gasteiger partial charge is 0.330 e. The molecule has 4 nitrogen and oxygen atoms in total. The van der Waals surface area contributed by atoms with Crippen LogP contribution in [0, 0.1) is 5.41 Å². The second-order valence-corrected chi connectivity index (χ2v) is 5.48. The minimum Gasteiger partial charge on any atom is -0.330 e. The van der Waals surface area contributed by atoms with E-state index in [0.717, 1.165) is 13.1 Å². The number of carbonyl (C=O) groups excluding carboxylic acids is 1. The van der Waals surface area contributed by atoms with Crippen molar-refractivity contribution in [1.82, 2.24) is 10.0 Å². The molecule has 0 aromatic carbocycles. The second-order valence-electron chi connectivity index (χ2n) is 5.48. The maximum absolute atomic E-state index is 11.7. The van der Waals surface area contributed by atoms with E-state index in [0.29, 0.717) is 24.9 Å². The van der Waals surface area contributed by atoms with Crippen LogP contribution in [0.5, 0.6) is 0 Å². The van der Waals surface area contributed by atoms with Crippen LogP contribution in [0.3, 0.4) is 0 Å². The number of hydrogen-bond donors (Lipinski definition) is 1. The fourth-order valence-corrected chi connectivity index (χ4v) is 2.07. The first kappa shape index (κ1) is 10.9. The van der Waals surface area contributed by atoms with E-state index in [1.165, 1.54) is 12.8 Å². The van der Waals surface area contributed by atoms with E-state index in [9.17, 15) is 4.79 Å². The maximum atomic E-state index is 11.7. The van der Waals surface area contributed by atoms with Gasteiger partial charge in [-0.25, -0.2) is 5.01 Å². The van der Waals surface area contributed by atoms with E-state index in [-0.39, 0.29) is 5.41 Å². The molecule has 4 heteroatoms. The van der Waals surface area contributed by atoms with E-state index in [1.807, 2.05) is 5.01 Å². The van der Waals surface area contributed by atoms with Crippen LogP contribution in [0.2, 0.25) is 0 Å². The molecule has 0 radical (unpaired) electrons. The zero-order chi connectivity index (χ0) is 11.1. The summed E-state index contributed by atoms with van der Waals surface area (Å²) in [6.07, 6.45) is 3.02. The fraction of sp³-hybridized carbons (Fsp3) is 0.909. The molecule has 1 saturated carbocycles. The lowest BCUT2D eigenvalue weighted by atomic mass is 9.94. The first-order valence-corrected chi connectivity index (χ1v) is 5.80. The topological polar surface area (TPSA) is 49.6 Å². The van der Waals surface area contributed by atoms with Crippen molar-refractivity contribution >= 4 is 5.91 Å². The Morgan fingerprint density at radius 1 is 1.47 bits per heavy atom. The summed E-state index contributed by atoms with van der Waals surface area (Å²) in [4.78, 5) is 11.7. The Hall–Kier alpha value is -0.610. The molecular weight excluding hydrogens is 190 g/mol. The lowest BCUT2D eigenvalue weighted by Crippen LogP contribution is -2.46. The fourth-order valence-electron chi connectivity index (χ4n) is 2.07. The number of hydrazine groups is 1. The molecular formula is C11H21N3O. The monoisotopic (exact) mass is 211 g/mol. The smallest absolute Gasteiger partial charge is 0.238 e. The van der Waals surface area contributed by atoms with Crippen LogP contribution < -0.4 is 5.73 Å². The number of nitrogens with zero attached hydrogens (tertiary/aromatic N) is 2. The third kappa shape index (κ3) is 2.32. The number of nitrogens with two attached hydrogens (primary N) is 1. The molecule has 1 amide bonds. The molecule has 86 valence electrons. The highest BCUT2D eigenvalue weighted by Crippen LogP contribution is 2.33. The van der Waals surface area contributed by atoms with Crippen molar-refractivity contribution in [2.75, 3.05) is 19.6 Å². The quantitative estimate of drug-likeness (QED) is 0.740. The first-order valence-electron chi connectivity index (χ1n) is 5.80. The van der Waals surface area contributed by atoms with Gasteiger partial charge in [-0.05, 0) is 24.8 Å². The van der Waals surface area contributed by atoms with Gasteiger partial charge in [0.15, 0.2) is 0 Å². The van der Waals surface area contributed by atoms with Crippen molar-refractivity contribution in [2.45, 2.75) is 39.2 Å². The van der Waals surface area contributed by atoms with Crippen LogP contribution in [0.25, 0.3) is 0 Å². The SMILES string of the molecule is CC(C)(CN)CN1CCC(=O)N1C1CC1. The minimum atomic E-state index is 0.0950. The highest BCUT2D eigenvalue weighted by Gasteiger charge is 2.41.